The maximum atomic E-state index is 13.1. The van der Waals surface area contributed by atoms with E-state index in [0.29, 0.717) is 5.91 Å². The average molecular weight is 340 g/mol. The van der Waals surface area contributed by atoms with E-state index in [1.807, 2.05) is 0 Å². The predicted molar refractivity (Wildman–Crippen MR) is 97.9 cm³/mol. The molecule has 126 valence electrons. The summed E-state index contributed by atoms with van der Waals surface area (Å²) in [5, 5.41) is 4.34. The monoisotopic (exact) mass is 340 g/mol. The fourth-order valence-electron chi connectivity index (χ4n) is 4.19. The van der Waals surface area contributed by atoms with Crippen molar-refractivity contribution in [3.63, 3.8) is 0 Å². The molecule has 4 rings (SSSR count). The lowest BCUT2D eigenvalue weighted by molar-refractivity contribution is -0.136. The summed E-state index contributed by atoms with van der Waals surface area (Å²) in [6, 6.07) is 10.7. The molecule has 0 bridgehead atoms. The van der Waals surface area contributed by atoms with E-state index >= 15 is 0 Å². The molecule has 0 saturated carbocycles. The maximum Gasteiger partial charge on any atom is 0.230 e. The molecule has 2 fully saturated rings. The van der Waals surface area contributed by atoms with Gasteiger partial charge in [-0.15, -0.1) is 0 Å². The molecule has 24 heavy (non-hydrogen) atoms. The minimum atomic E-state index is -0.125. The Kier molecular flexibility index (Phi) is 4.19. The first-order valence-electron chi connectivity index (χ1n) is 8.73. The van der Waals surface area contributed by atoms with E-state index in [2.05, 4.69) is 57.8 Å². The highest BCUT2D eigenvalue weighted by molar-refractivity contribution is 7.07. The van der Waals surface area contributed by atoms with Gasteiger partial charge >= 0.3 is 0 Å². The summed E-state index contributed by atoms with van der Waals surface area (Å²) < 4.78 is 0. The van der Waals surface area contributed by atoms with Crippen LogP contribution < -0.4 is 0 Å². The van der Waals surface area contributed by atoms with Crippen LogP contribution in [0.3, 0.4) is 0 Å². The molecule has 2 aromatic rings. The summed E-state index contributed by atoms with van der Waals surface area (Å²) in [5.74, 6) is 0.372. The van der Waals surface area contributed by atoms with Crippen LogP contribution in [0, 0.1) is 12.3 Å². The SMILES string of the molecule is Cc1cccc(CN2CCC3(CCN(Cc4ccsc4)C3)C2=O)c1. The van der Waals surface area contributed by atoms with Crippen molar-refractivity contribution in [2.24, 2.45) is 5.41 Å². The zero-order chi connectivity index (χ0) is 16.6. The van der Waals surface area contributed by atoms with E-state index in [4.69, 9.17) is 0 Å². The Labute approximate surface area is 147 Å². The fraction of sp³-hybridized carbons (Fsp3) is 0.450. The van der Waals surface area contributed by atoms with Gasteiger partial charge in [-0.1, -0.05) is 29.8 Å². The van der Waals surface area contributed by atoms with Crippen molar-refractivity contribution >= 4 is 17.2 Å². The number of carbonyl (C=O) groups is 1. The van der Waals surface area contributed by atoms with E-state index in [1.54, 1.807) is 11.3 Å². The molecular weight excluding hydrogens is 316 g/mol. The van der Waals surface area contributed by atoms with Gasteiger partial charge in [0.05, 0.1) is 5.41 Å². The molecule has 2 aliphatic heterocycles. The molecule has 0 aliphatic carbocycles. The average Bonchev–Trinajstić information content (AvgIpc) is 3.27. The summed E-state index contributed by atoms with van der Waals surface area (Å²) in [6.45, 7) is 6.71. The fourth-order valence-corrected chi connectivity index (χ4v) is 4.85. The van der Waals surface area contributed by atoms with Gasteiger partial charge in [-0.3, -0.25) is 9.69 Å². The van der Waals surface area contributed by atoms with Crippen molar-refractivity contribution in [2.45, 2.75) is 32.9 Å². The molecule has 2 aliphatic rings. The lowest BCUT2D eigenvalue weighted by Gasteiger charge is -2.24. The number of hydrogen-bond acceptors (Lipinski definition) is 3. The second-order valence-electron chi connectivity index (χ2n) is 7.34. The van der Waals surface area contributed by atoms with Crippen LogP contribution in [0.15, 0.2) is 41.1 Å². The van der Waals surface area contributed by atoms with Crippen molar-refractivity contribution in [1.29, 1.82) is 0 Å². The first-order valence-corrected chi connectivity index (χ1v) is 9.67. The highest BCUT2D eigenvalue weighted by Gasteiger charge is 2.50. The van der Waals surface area contributed by atoms with Gasteiger partial charge in [0.15, 0.2) is 0 Å². The smallest absolute Gasteiger partial charge is 0.230 e. The highest BCUT2D eigenvalue weighted by atomic mass is 32.1. The second-order valence-corrected chi connectivity index (χ2v) is 8.12. The van der Waals surface area contributed by atoms with Gasteiger partial charge in [0.2, 0.25) is 5.91 Å². The van der Waals surface area contributed by atoms with Crippen LogP contribution in [-0.2, 0) is 17.9 Å². The van der Waals surface area contributed by atoms with Crippen LogP contribution in [0.4, 0.5) is 0 Å². The van der Waals surface area contributed by atoms with Gasteiger partial charge in [-0.2, -0.15) is 11.3 Å². The molecule has 1 unspecified atom stereocenters. The largest absolute Gasteiger partial charge is 0.338 e. The Morgan fingerprint density at radius 2 is 2.00 bits per heavy atom. The van der Waals surface area contributed by atoms with Crippen LogP contribution in [0.2, 0.25) is 0 Å². The Morgan fingerprint density at radius 1 is 1.12 bits per heavy atom. The van der Waals surface area contributed by atoms with Gasteiger partial charge in [-0.25, -0.2) is 0 Å². The number of benzene rings is 1. The number of hydrogen-bond donors (Lipinski definition) is 0. The molecule has 0 radical (unpaired) electrons. The molecule has 1 atom stereocenters. The molecular formula is C20H24N2OS. The zero-order valence-corrected chi connectivity index (χ0v) is 15.0. The summed E-state index contributed by atoms with van der Waals surface area (Å²) in [5.41, 5.74) is 3.75. The quantitative estimate of drug-likeness (QED) is 0.848. The van der Waals surface area contributed by atoms with E-state index < -0.39 is 0 Å². The number of likely N-dealkylation sites (tertiary alicyclic amines) is 2. The topological polar surface area (TPSA) is 23.6 Å². The van der Waals surface area contributed by atoms with Crippen molar-refractivity contribution < 1.29 is 4.79 Å². The predicted octanol–water partition coefficient (Wildman–Crippen LogP) is 3.68. The number of carbonyl (C=O) groups excluding carboxylic acids is 1. The molecule has 0 N–H and O–H groups in total. The molecule has 1 aromatic heterocycles. The van der Waals surface area contributed by atoms with Crippen LogP contribution in [-0.4, -0.2) is 35.3 Å². The molecule has 1 spiro atoms. The molecule has 1 amide bonds. The van der Waals surface area contributed by atoms with E-state index in [0.717, 1.165) is 45.6 Å². The molecule has 2 saturated heterocycles. The van der Waals surface area contributed by atoms with Gasteiger partial charge in [0.25, 0.3) is 0 Å². The Hall–Kier alpha value is -1.65. The van der Waals surface area contributed by atoms with Gasteiger partial charge < -0.3 is 4.90 Å². The third kappa shape index (κ3) is 3.01. The minimum absolute atomic E-state index is 0.125. The van der Waals surface area contributed by atoms with E-state index in [9.17, 15) is 4.79 Å². The van der Waals surface area contributed by atoms with Crippen LogP contribution >= 0.6 is 11.3 Å². The third-order valence-corrected chi connectivity index (χ3v) is 6.21. The van der Waals surface area contributed by atoms with E-state index in [1.165, 1.54) is 16.7 Å². The highest BCUT2D eigenvalue weighted by Crippen LogP contribution is 2.41. The van der Waals surface area contributed by atoms with E-state index in [-0.39, 0.29) is 5.41 Å². The lowest BCUT2D eigenvalue weighted by atomic mass is 9.85. The van der Waals surface area contributed by atoms with Crippen molar-refractivity contribution in [3.05, 3.63) is 57.8 Å². The molecule has 4 heteroatoms. The first-order chi connectivity index (χ1) is 11.6. The minimum Gasteiger partial charge on any atom is -0.338 e. The van der Waals surface area contributed by atoms with Gasteiger partial charge in [0, 0.05) is 26.2 Å². The summed E-state index contributed by atoms with van der Waals surface area (Å²) >= 11 is 1.75. The second kappa shape index (κ2) is 6.34. The summed E-state index contributed by atoms with van der Waals surface area (Å²) in [4.78, 5) is 17.6. The molecule has 3 heterocycles. The van der Waals surface area contributed by atoms with Gasteiger partial charge in [0.1, 0.15) is 0 Å². The zero-order valence-electron chi connectivity index (χ0n) is 14.2. The van der Waals surface area contributed by atoms with Crippen LogP contribution in [0.25, 0.3) is 0 Å². The number of thiophene rings is 1. The van der Waals surface area contributed by atoms with Gasteiger partial charge in [-0.05, 0) is 54.3 Å². The number of amides is 1. The van der Waals surface area contributed by atoms with Crippen molar-refractivity contribution in [1.82, 2.24) is 9.80 Å². The Morgan fingerprint density at radius 3 is 2.79 bits per heavy atom. The maximum absolute atomic E-state index is 13.1. The standard InChI is InChI=1S/C20H24N2OS/c1-16-3-2-4-17(11-16)13-22-9-7-20(19(22)23)6-8-21(15-20)12-18-5-10-24-14-18/h2-5,10-11,14H,6-9,12-13,15H2,1H3. The van der Waals surface area contributed by atoms with Crippen molar-refractivity contribution in [3.8, 4) is 0 Å². The Bertz CT molecular complexity index is 727. The van der Waals surface area contributed by atoms with Crippen LogP contribution in [0.5, 0.6) is 0 Å². The summed E-state index contributed by atoms with van der Waals surface area (Å²) in [6.07, 6.45) is 2.03. The number of rotatable bonds is 4. The molecule has 3 nitrogen and oxygen atoms in total. The summed E-state index contributed by atoms with van der Waals surface area (Å²) in [7, 11) is 0. The normalized spacial score (nSPS) is 24.4. The van der Waals surface area contributed by atoms with Crippen LogP contribution in [0.1, 0.15) is 29.5 Å². The number of aryl methyl sites for hydroxylation is 1. The number of nitrogens with zero attached hydrogens (tertiary/aromatic N) is 2. The third-order valence-electron chi connectivity index (χ3n) is 5.48. The lowest BCUT2D eigenvalue weighted by Crippen LogP contribution is -2.36. The molecule has 1 aromatic carbocycles. The van der Waals surface area contributed by atoms with Crippen molar-refractivity contribution in [2.75, 3.05) is 19.6 Å². The first kappa shape index (κ1) is 15.9. The Balaban J connectivity index is 1.41.